The Morgan fingerprint density at radius 2 is 1.67 bits per heavy atom. The van der Waals surface area contributed by atoms with E-state index in [0.29, 0.717) is 11.3 Å². The first-order valence-electron chi connectivity index (χ1n) is 9.67. The molecule has 1 N–H and O–H groups in total. The normalized spacial score (nSPS) is 19.6. The third-order valence-corrected chi connectivity index (χ3v) is 7.76. The molecule has 0 bridgehead atoms. The van der Waals surface area contributed by atoms with E-state index in [4.69, 9.17) is 0 Å². The number of aryl methyl sites for hydroxylation is 2. The smallest absolute Gasteiger partial charge is 0.277 e. The number of H-pyrrole nitrogens is 1. The van der Waals surface area contributed by atoms with Gasteiger partial charge in [0.1, 0.15) is 5.56 Å². The number of hydrogen-bond acceptors (Lipinski definition) is 2. The Balaban J connectivity index is 2.25. The molecule has 0 amide bonds. The molecule has 0 fully saturated rings. The average molecular weight is 369 g/mol. The zero-order valence-electron chi connectivity index (χ0n) is 18.1. The van der Waals surface area contributed by atoms with Gasteiger partial charge >= 0.3 is 0 Å². The average Bonchev–Trinajstić information content (AvgIpc) is 2.77. The summed E-state index contributed by atoms with van der Waals surface area (Å²) in [7, 11) is 1.64. The molecule has 0 atom stereocenters. The number of fused-ring (bicyclic) bond motifs is 1. The molecule has 0 spiro atoms. The molecule has 146 valence electrons. The molecule has 0 aliphatic heterocycles. The first-order valence-corrected chi connectivity index (χ1v) is 9.67. The van der Waals surface area contributed by atoms with Crippen molar-refractivity contribution in [3.8, 4) is 0 Å². The molecule has 0 saturated carbocycles. The number of nitrogens with zero attached hydrogens (tertiary/aromatic N) is 1. The van der Waals surface area contributed by atoms with E-state index in [2.05, 4.69) is 52.7 Å². The van der Waals surface area contributed by atoms with E-state index in [-0.39, 0.29) is 33.2 Å². The number of nitrogens with one attached hydrogen (secondary N) is 1. The quantitative estimate of drug-likeness (QED) is 0.796. The number of aromatic nitrogens is 2. The Morgan fingerprint density at radius 3 is 2.19 bits per heavy atom. The molecule has 3 rings (SSSR count). The molecule has 1 aromatic heterocycles. The predicted molar refractivity (Wildman–Crippen MR) is 110 cm³/mol. The van der Waals surface area contributed by atoms with Crippen molar-refractivity contribution in [2.75, 3.05) is 0 Å². The van der Waals surface area contributed by atoms with E-state index in [1.165, 1.54) is 15.8 Å². The van der Waals surface area contributed by atoms with Crippen LogP contribution in [0.15, 0.2) is 16.9 Å². The van der Waals surface area contributed by atoms with E-state index in [1.54, 1.807) is 14.0 Å². The van der Waals surface area contributed by atoms with Crippen LogP contribution >= 0.6 is 0 Å². The van der Waals surface area contributed by atoms with Crippen LogP contribution in [0, 0.1) is 24.7 Å². The van der Waals surface area contributed by atoms with Gasteiger partial charge in [0.25, 0.3) is 5.56 Å². The zero-order chi connectivity index (χ0) is 20.5. The van der Waals surface area contributed by atoms with Crippen LogP contribution in [0.3, 0.4) is 0 Å². The van der Waals surface area contributed by atoms with Gasteiger partial charge < -0.3 is 0 Å². The van der Waals surface area contributed by atoms with Crippen LogP contribution in [0.5, 0.6) is 0 Å². The van der Waals surface area contributed by atoms with Crippen LogP contribution in [-0.4, -0.2) is 15.6 Å². The molecule has 0 radical (unpaired) electrons. The molecule has 4 heteroatoms. The van der Waals surface area contributed by atoms with E-state index in [0.717, 1.165) is 12.0 Å². The van der Waals surface area contributed by atoms with Gasteiger partial charge in [0.15, 0.2) is 0 Å². The molecule has 0 saturated heterocycles. The van der Waals surface area contributed by atoms with Gasteiger partial charge in [-0.2, -0.15) is 0 Å². The number of ketones is 1. The number of carbonyl (C=O) groups excluding carboxylic acids is 1. The fourth-order valence-electron chi connectivity index (χ4n) is 4.98. The summed E-state index contributed by atoms with van der Waals surface area (Å²) in [5, 5.41) is 2.93. The SMILES string of the molecule is Cc1[nH]n(C)c(=O)c1C(=O)c1ccc2c(c1C)C(C)(C)C(C)(C)C(C)(C)C2. The highest BCUT2D eigenvalue weighted by Gasteiger charge is 2.53. The molecular formula is C23H32N2O2. The molecule has 0 unspecified atom stereocenters. The summed E-state index contributed by atoms with van der Waals surface area (Å²) in [6.45, 7) is 17.7. The minimum atomic E-state index is -0.268. The lowest BCUT2D eigenvalue weighted by Gasteiger charge is -2.57. The van der Waals surface area contributed by atoms with E-state index >= 15 is 0 Å². The lowest BCUT2D eigenvalue weighted by molar-refractivity contribution is 0.0150. The fourth-order valence-corrected chi connectivity index (χ4v) is 4.98. The van der Waals surface area contributed by atoms with Gasteiger partial charge in [0.05, 0.1) is 0 Å². The van der Waals surface area contributed by atoms with E-state index < -0.39 is 0 Å². The third kappa shape index (κ3) is 2.49. The van der Waals surface area contributed by atoms with Crippen LogP contribution in [0.25, 0.3) is 0 Å². The first-order chi connectivity index (χ1) is 12.2. The molecule has 4 nitrogen and oxygen atoms in total. The summed E-state index contributed by atoms with van der Waals surface area (Å²) in [4.78, 5) is 25.7. The van der Waals surface area contributed by atoms with Gasteiger partial charge in [-0.15, -0.1) is 0 Å². The molecule has 1 aromatic carbocycles. The van der Waals surface area contributed by atoms with Crippen LogP contribution in [0.2, 0.25) is 0 Å². The number of carbonyl (C=O) groups is 1. The Hall–Kier alpha value is -2.10. The van der Waals surface area contributed by atoms with Gasteiger partial charge in [-0.3, -0.25) is 19.4 Å². The second-order valence-corrected chi connectivity index (χ2v) is 9.89. The Kier molecular flexibility index (Phi) is 4.15. The first kappa shape index (κ1) is 19.7. The van der Waals surface area contributed by atoms with Crippen LogP contribution in [0.4, 0.5) is 0 Å². The standard InChI is InChI=1S/C23H32N2O2/c1-13-16(19(26)17-14(2)24-25(9)20(17)27)11-10-15-12-21(3,4)23(7,8)22(5,6)18(13)15/h10-11,24H,12H2,1-9H3. The summed E-state index contributed by atoms with van der Waals surface area (Å²) in [6, 6.07) is 4.01. The van der Waals surface area contributed by atoms with Gasteiger partial charge in [-0.05, 0) is 53.2 Å². The van der Waals surface area contributed by atoms with Crippen molar-refractivity contribution in [1.29, 1.82) is 0 Å². The van der Waals surface area contributed by atoms with E-state index in [1.807, 2.05) is 13.0 Å². The lowest BCUT2D eigenvalue weighted by atomic mass is 9.47. The van der Waals surface area contributed by atoms with Gasteiger partial charge in [-0.1, -0.05) is 53.7 Å². The summed E-state index contributed by atoms with van der Waals surface area (Å²) >= 11 is 0. The maximum atomic E-state index is 13.3. The number of rotatable bonds is 2. The largest absolute Gasteiger partial charge is 0.299 e. The highest BCUT2D eigenvalue weighted by molar-refractivity contribution is 6.10. The van der Waals surface area contributed by atoms with Crippen molar-refractivity contribution >= 4 is 5.78 Å². The Bertz CT molecular complexity index is 1000. The molecule has 1 aliphatic carbocycles. The fraction of sp³-hybridized carbons (Fsp3) is 0.565. The summed E-state index contributed by atoms with van der Waals surface area (Å²) < 4.78 is 1.37. The Labute approximate surface area is 162 Å². The summed E-state index contributed by atoms with van der Waals surface area (Å²) in [6.07, 6.45) is 0.985. The second-order valence-electron chi connectivity index (χ2n) is 9.89. The highest BCUT2D eigenvalue weighted by atomic mass is 16.2. The zero-order valence-corrected chi connectivity index (χ0v) is 18.1. The minimum Gasteiger partial charge on any atom is -0.299 e. The van der Waals surface area contributed by atoms with Gasteiger partial charge in [-0.25, -0.2) is 0 Å². The number of aromatic amines is 1. The van der Waals surface area contributed by atoms with E-state index in [9.17, 15) is 9.59 Å². The lowest BCUT2D eigenvalue weighted by Crippen LogP contribution is -2.52. The maximum absolute atomic E-state index is 13.3. The maximum Gasteiger partial charge on any atom is 0.277 e. The van der Waals surface area contributed by atoms with Crippen molar-refractivity contribution in [2.45, 2.75) is 67.2 Å². The monoisotopic (exact) mass is 368 g/mol. The van der Waals surface area contributed by atoms with Crippen LogP contribution in [-0.2, 0) is 18.9 Å². The molecule has 27 heavy (non-hydrogen) atoms. The topological polar surface area (TPSA) is 54.9 Å². The van der Waals surface area contributed by atoms with Crippen LogP contribution in [0.1, 0.15) is 79.8 Å². The predicted octanol–water partition coefficient (Wildman–Crippen LogP) is 4.45. The van der Waals surface area contributed by atoms with Crippen molar-refractivity contribution in [1.82, 2.24) is 9.78 Å². The van der Waals surface area contributed by atoms with Crippen molar-refractivity contribution in [3.05, 3.63) is 56.0 Å². The molecule has 2 aromatic rings. The molecule has 1 heterocycles. The number of hydrogen-bond donors (Lipinski definition) is 1. The second kappa shape index (κ2) is 5.70. The number of benzene rings is 1. The molecule has 1 aliphatic rings. The summed E-state index contributed by atoms with van der Waals surface area (Å²) in [5.74, 6) is -0.187. The van der Waals surface area contributed by atoms with Gasteiger partial charge in [0, 0.05) is 18.3 Å². The highest BCUT2D eigenvalue weighted by Crippen LogP contribution is 2.59. The minimum absolute atomic E-state index is 0.0551. The Morgan fingerprint density at radius 1 is 1.07 bits per heavy atom. The van der Waals surface area contributed by atoms with Crippen molar-refractivity contribution < 1.29 is 4.79 Å². The van der Waals surface area contributed by atoms with Crippen molar-refractivity contribution in [3.63, 3.8) is 0 Å². The molecular weight excluding hydrogens is 336 g/mol. The van der Waals surface area contributed by atoms with Gasteiger partial charge in [0.2, 0.25) is 5.78 Å². The van der Waals surface area contributed by atoms with Crippen LogP contribution < -0.4 is 5.56 Å². The summed E-state index contributed by atoms with van der Waals surface area (Å²) in [5.41, 5.74) is 4.93. The third-order valence-electron chi connectivity index (χ3n) is 7.76. The van der Waals surface area contributed by atoms with Crippen molar-refractivity contribution in [2.24, 2.45) is 17.9 Å².